The summed E-state index contributed by atoms with van der Waals surface area (Å²) in [5, 5.41) is 16.3. The van der Waals surface area contributed by atoms with Crippen molar-refractivity contribution in [1.82, 2.24) is 14.9 Å². The number of aliphatic hydroxyl groups excluding tert-OH is 1. The third-order valence-corrected chi connectivity index (χ3v) is 10.5. The average molecular weight is 734 g/mol. The van der Waals surface area contributed by atoms with E-state index in [1.165, 1.54) is 0 Å². The molecule has 2 heterocycles. The van der Waals surface area contributed by atoms with Crippen molar-refractivity contribution in [2.75, 3.05) is 16.8 Å². The summed E-state index contributed by atoms with van der Waals surface area (Å²) in [5.41, 5.74) is 13.0. The summed E-state index contributed by atoms with van der Waals surface area (Å²) < 4.78 is 15.1. The van der Waals surface area contributed by atoms with Crippen LogP contribution in [0.2, 0.25) is 0 Å². The third kappa shape index (κ3) is 10.8. The summed E-state index contributed by atoms with van der Waals surface area (Å²) in [6.45, 7) is 0.440. The first-order chi connectivity index (χ1) is 25.8. The molecule has 1 aromatic heterocycles. The first kappa shape index (κ1) is 37.8. The van der Waals surface area contributed by atoms with Crippen LogP contribution in [0.5, 0.6) is 0 Å². The van der Waals surface area contributed by atoms with Crippen LogP contribution in [-0.2, 0) is 39.3 Å². The van der Waals surface area contributed by atoms with Crippen LogP contribution < -0.4 is 16.4 Å². The van der Waals surface area contributed by atoms with Gasteiger partial charge >= 0.3 is 0 Å². The number of nitrogen functional groups attached to an aromatic ring is 1. The Morgan fingerprint density at radius 2 is 1.62 bits per heavy atom. The van der Waals surface area contributed by atoms with Crippen LogP contribution in [0.3, 0.4) is 0 Å². The predicted octanol–water partition coefficient (Wildman–Crippen LogP) is 7.70. The quantitative estimate of drug-likeness (QED) is 0.0460. The fraction of sp³-hybridized carbons (Fsp3) is 0.310. The number of anilines is 2. The Kier molecular flexibility index (Phi) is 13.3. The van der Waals surface area contributed by atoms with Crippen molar-refractivity contribution in [3.8, 4) is 11.1 Å². The molecule has 1 saturated heterocycles. The number of carbonyl (C=O) groups is 2. The zero-order chi connectivity index (χ0) is 37.0. The summed E-state index contributed by atoms with van der Waals surface area (Å²) in [6, 6.07) is 31.5. The number of thioether (sulfide) groups is 1. The lowest BCUT2D eigenvalue weighted by Gasteiger charge is -2.36. The maximum absolute atomic E-state index is 12.6. The molecule has 4 aromatic carbocycles. The lowest BCUT2D eigenvalue weighted by molar-refractivity contribution is -0.245. The number of aryl methyl sites for hydroxylation is 1. The van der Waals surface area contributed by atoms with E-state index in [4.69, 9.17) is 15.2 Å². The number of aromatic nitrogens is 2. The molecule has 2 amide bonds. The molecule has 0 aliphatic carbocycles. The second-order valence-electron chi connectivity index (χ2n) is 13.3. The van der Waals surface area contributed by atoms with Crippen LogP contribution in [0.25, 0.3) is 11.1 Å². The van der Waals surface area contributed by atoms with Gasteiger partial charge in [-0.1, -0.05) is 97.0 Å². The number of aliphatic hydroxyl groups is 1. The van der Waals surface area contributed by atoms with Gasteiger partial charge in [0.15, 0.2) is 11.4 Å². The lowest BCUT2D eigenvalue weighted by atomic mass is 9.99. The fourth-order valence-electron chi connectivity index (χ4n) is 6.24. The van der Waals surface area contributed by atoms with E-state index in [-0.39, 0.29) is 30.6 Å². The smallest absolute Gasteiger partial charge is 0.224 e. The molecular weight excluding hydrogens is 687 g/mol. The van der Waals surface area contributed by atoms with Crippen molar-refractivity contribution in [2.24, 2.45) is 7.05 Å². The molecule has 53 heavy (non-hydrogen) atoms. The minimum atomic E-state index is -0.542. The van der Waals surface area contributed by atoms with Gasteiger partial charge in [-0.2, -0.15) is 0 Å². The number of amides is 2. The molecule has 0 unspecified atom stereocenters. The first-order valence-electron chi connectivity index (χ1n) is 18.1. The summed E-state index contributed by atoms with van der Waals surface area (Å²) in [6.07, 6.45) is 6.69. The van der Waals surface area contributed by atoms with Crippen molar-refractivity contribution in [2.45, 2.75) is 75.3 Å². The van der Waals surface area contributed by atoms with Gasteiger partial charge in [-0.3, -0.25) is 9.59 Å². The number of hydrogen-bond acceptors (Lipinski definition) is 8. The number of nitrogens with two attached hydrogens (primary N) is 1. The van der Waals surface area contributed by atoms with E-state index in [0.29, 0.717) is 50.0 Å². The monoisotopic (exact) mass is 733 g/mol. The van der Waals surface area contributed by atoms with Crippen molar-refractivity contribution in [1.29, 1.82) is 0 Å². The van der Waals surface area contributed by atoms with Crippen LogP contribution in [0.4, 0.5) is 11.4 Å². The maximum atomic E-state index is 12.6. The summed E-state index contributed by atoms with van der Waals surface area (Å²) >= 11 is 1.67. The molecule has 11 heteroatoms. The Bertz CT molecular complexity index is 1950. The molecular formula is C42H47N5O5S. The normalized spacial score (nSPS) is 17.0. The standard InChI is InChI=1S/C42H47N5O5S/c1-47-23-22-44-42(47)53-28-35-25-38(32-16-14-29(27-48)15-17-32)52-41(51-35)33-20-18-31(19-21-33)34-9-7-8-30(24-34)26-45-39(49)12-3-2-4-13-40(50)46-37-11-6-5-10-36(37)43/h5-11,14-24,35,38,41,48H,2-4,12-13,25-28,43H2,1H3,(H,45,49)(H,46,50)/t35-,38+,41+/m1/s1. The number of unbranched alkanes of at least 4 members (excludes halogenated alkanes) is 2. The molecule has 1 fully saturated rings. The number of ether oxygens (including phenoxy) is 2. The average Bonchev–Trinajstić information content (AvgIpc) is 3.61. The van der Waals surface area contributed by atoms with Gasteiger partial charge in [0, 0.05) is 56.6 Å². The number of rotatable bonds is 16. The largest absolute Gasteiger partial charge is 0.397 e. The van der Waals surface area contributed by atoms with Gasteiger partial charge in [0.25, 0.3) is 0 Å². The first-order valence-corrected chi connectivity index (χ1v) is 19.0. The molecule has 276 valence electrons. The van der Waals surface area contributed by atoms with E-state index in [1.807, 2.05) is 66.3 Å². The van der Waals surface area contributed by atoms with Crippen molar-refractivity contribution >= 4 is 35.0 Å². The number of para-hydroxylation sites is 2. The van der Waals surface area contributed by atoms with Gasteiger partial charge < -0.3 is 35.5 Å². The van der Waals surface area contributed by atoms with Crippen LogP contribution in [0.15, 0.2) is 115 Å². The SMILES string of the molecule is Cn1ccnc1SC[C@H]1C[C@@H](c2ccc(CO)cc2)O[C@@H](c2ccc(-c3cccc(CNC(=O)CCCCCC(=O)Nc4ccccc4N)c3)cc2)O1. The zero-order valence-electron chi connectivity index (χ0n) is 29.9. The molecule has 1 aliphatic rings. The van der Waals surface area contributed by atoms with Crippen LogP contribution in [0, 0.1) is 0 Å². The molecule has 10 nitrogen and oxygen atoms in total. The highest BCUT2D eigenvalue weighted by Gasteiger charge is 2.32. The highest BCUT2D eigenvalue weighted by molar-refractivity contribution is 7.99. The molecule has 6 rings (SSSR count). The molecule has 5 aromatic rings. The minimum Gasteiger partial charge on any atom is -0.397 e. The summed E-state index contributed by atoms with van der Waals surface area (Å²) in [7, 11) is 1.99. The highest BCUT2D eigenvalue weighted by atomic mass is 32.2. The number of nitrogens with one attached hydrogen (secondary N) is 2. The van der Waals surface area contributed by atoms with E-state index in [0.717, 1.165) is 50.7 Å². The Labute approximate surface area is 315 Å². The third-order valence-electron chi connectivity index (χ3n) is 9.27. The Morgan fingerprint density at radius 1 is 0.868 bits per heavy atom. The zero-order valence-corrected chi connectivity index (χ0v) is 30.8. The van der Waals surface area contributed by atoms with Crippen molar-refractivity contribution in [3.63, 3.8) is 0 Å². The number of nitrogens with zero attached hydrogens (tertiary/aromatic N) is 2. The molecule has 0 radical (unpaired) electrons. The molecule has 3 atom stereocenters. The topological polar surface area (TPSA) is 141 Å². The minimum absolute atomic E-state index is 0.00131. The van der Waals surface area contributed by atoms with Crippen LogP contribution in [0.1, 0.15) is 73.2 Å². The molecule has 0 spiro atoms. The second-order valence-corrected chi connectivity index (χ2v) is 14.3. The Morgan fingerprint density at radius 3 is 2.36 bits per heavy atom. The fourth-order valence-corrected chi connectivity index (χ4v) is 7.18. The van der Waals surface area contributed by atoms with Gasteiger partial charge in [-0.15, -0.1) is 0 Å². The van der Waals surface area contributed by atoms with Gasteiger partial charge in [0.1, 0.15) is 0 Å². The number of imidazole rings is 1. The highest BCUT2D eigenvalue weighted by Crippen LogP contribution is 2.39. The number of hydrogen-bond donors (Lipinski definition) is 4. The second kappa shape index (κ2) is 18.7. The van der Waals surface area contributed by atoms with Gasteiger partial charge in [0.05, 0.1) is 30.2 Å². The molecule has 0 bridgehead atoms. The Hall–Kier alpha value is -4.94. The van der Waals surface area contributed by atoms with E-state index in [9.17, 15) is 14.7 Å². The molecule has 1 aliphatic heterocycles. The Balaban J connectivity index is 0.997. The number of benzene rings is 4. The van der Waals surface area contributed by atoms with Crippen molar-refractivity contribution < 1.29 is 24.2 Å². The lowest BCUT2D eigenvalue weighted by Crippen LogP contribution is -2.31. The van der Waals surface area contributed by atoms with E-state index in [1.54, 1.807) is 30.1 Å². The maximum Gasteiger partial charge on any atom is 0.224 e. The predicted molar refractivity (Wildman–Crippen MR) is 209 cm³/mol. The van der Waals surface area contributed by atoms with E-state index < -0.39 is 6.29 Å². The van der Waals surface area contributed by atoms with Gasteiger partial charge in [-0.25, -0.2) is 4.98 Å². The van der Waals surface area contributed by atoms with E-state index >= 15 is 0 Å². The summed E-state index contributed by atoms with van der Waals surface area (Å²) in [4.78, 5) is 29.3. The van der Waals surface area contributed by atoms with Gasteiger partial charge in [0.2, 0.25) is 11.8 Å². The van der Waals surface area contributed by atoms with Crippen LogP contribution in [-0.4, -0.2) is 38.3 Å². The molecule has 0 saturated carbocycles. The van der Waals surface area contributed by atoms with E-state index in [2.05, 4.69) is 52.0 Å². The van der Waals surface area contributed by atoms with Crippen LogP contribution >= 0.6 is 11.8 Å². The van der Waals surface area contributed by atoms with Crippen molar-refractivity contribution in [3.05, 3.63) is 132 Å². The summed E-state index contributed by atoms with van der Waals surface area (Å²) in [5.74, 6) is 0.655. The number of carbonyl (C=O) groups excluding carboxylic acids is 2. The van der Waals surface area contributed by atoms with Gasteiger partial charge in [-0.05, 0) is 58.9 Å². The molecule has 5 N–H and O–H groups in total.